The minimum Gasteiger partial charge on any atom is -0.396 e. The molecule has 0 heterocycles. The molecule has 2 N–H and O–H groups in total. The quantitative estimate of drug-likeness (QED) is 0.174. The first kappa shape index (κ1) is 31.1. The molecule has 3 aliphatic rings. The number of aliphatic hydroxyl groups is 2. The molecule has 1 aromatic rings. The summed E-state index contributed by atoms with van der Waals surface area (Å²) in [4.78, 5) is 9.41. The van der Waals surface area contributed by atoms with E-state index in [0.717, 1.165) is 36.4 Å². The van der Waals surface area contributed by atoms with Crippen molar-refractivity contribution >= 4 is 6.29 Å². The molecule has 3 aliphatic carbocycles. The van der Waals surface area contributed by atoms with E-state index in [1.54, 1.807) is 23.6 Å². The van der Waals surface area contributed by atoms with E-state index < -0.39 is 0 Å². The standard InChI is InChI=1S/C31H50O2.C4H6O/c1-2-3-4-5-23-6-7-30-21-29(17-16-28(30)20-23)26-12-8-24(9-13-26)25-10-14-27(15-11-25)31(22-33)18-19-32;1-4(2)3-5/h16-17,21,23-27,31-33H,2-15,18-20,22H2,1H3;3H,1H2,2H3. The van der Waals surface area contributed by atoms with Crippen molar-refractivity contribution in [3.63, 3.8) is 0 Å². The summed E-state index contributed by atoms with van der Waals surface area (Å²) in [6, 6.07) is 7.58. The Hall–Kier alpha value is -1.45. The van der Waals surface area contributed by atoms with Crippen LogP contribution in [0.15, 0.2) is 30.4 Å². The Morgan fingerprint density at radius 2 is 1.63 bits per heavy atom. The fourth-order valence-electron chi connectivity index (χ4n) is 7.69. The van der Waals surface area contributed by atoms with E-state index in [9.17, 15) is 15.0 Å². The van der Waals surface area contributed by atoms with Crippen LogP contribution in [-0.2, 0) is 17.6 Å². The van der Waals surface area contributed by atoms with Crippen LogP contribution in [0.2, 0.25) is 0 Å². The molecule has 0 saturated heterocycles. The summed E-state index contributed by atoms with van der Waals surface area (Å²) in [6.45, 7) is 7.75. The van der Waals surface area contributed by atoms with Gasteiger partial charge in [0, 0.05) is 13.2 Å². The summed E-state index contributed by atoms with van der Waals surface area (Å²) in [6.07, 6.45) is 21.9. The number of carbonyl (C=O) groups excluding carboxylic acids is 1. The fraction of sp³-hybridized carbons (Fsp3) is 0.743. The lowest BCUT2D eigenvalue weighted by molar-refractivity contribution is -0.104. The van der Waals surface area contributed by atoms with E-state index in [2.05, 4.69) is 31.7 Å². The molecule has 0 aromatic heterocycles. The number of aldehydes is 1. The number of aliphatic hydroxyl groups excluding tert-OH is 2. The molecule has 0 amide bonds. The predicted molar refractivity (Wildman–Crippen MR) is 159 cm³/mol. The summed E-state index contributed by atoms with van der Waals surface area (Å²) in [5.41, 5.74) is 5.53. The SMILES string of the molecule is C=C(C)C=O.CCCCCC1CCc2cc(C3CCC(C4CCC(C(CO)CCO)CC4)CC3)ccc2C1. The third kappa shape index (κ3) is 9.33. The summed E-state index contributed by atoms with van der Waals surface area (Å²) in [5.74, 6) is 4.50. The minimum absolute atomic E-state index is 0.220. The number of rotatable bonds is 11. The number of fused-ring (bicyclic) bond motifs is 1. The van der Waals surface area contributed by atoms with E-state index in [1.807, 2.05) is 0 Å². The van der Waals surface area contributed by atoms with E-state index in [4.69, 9.17) is 0 Å². The van der Waals surface area contributed by atoms with Gasteiger partial charge in [0.1, 0.15) is 6.29 Å². The van der Waals surface area contributed by atoms with Gasteiger partial charge in [0.15, 0.2) is 0 Å². The Morgan fingerprint density at radius 1 is 0.974 bits per heavy atom. The predicted octanol–water partition coefficient (Wildman–Crippen LogP) is 8.20. The summed E-state index contributed by atoms with van der Waals surface area (Å²) in [5, 5.41) is 19.0. The zero-order chi connectivity index (χ0) is 27.3. The van der Waals surface area contributed by atoms with Gasteiger partial charge in [0.05, 0.1) is 0 Å². The molecule has 3 heteroatoms. The maximum atomic E-state index is 9.68. The zero-order valence-electron chi connectivity index (χ0n) is 24.5. The molecule has 2 fully saturated rings. The molecule has 0 spiro atoms. The number of unbranched alkanes of at least 4 members (excludes halogenated alkanes) is 2. The molecule has 2 atom stereocenters. The van der Waals surface area contributed by atoms with Crippen LogP contribution in [0.4, 0.5) is 0 Å². The molecule has 0 bridgehead atoms. The Balaban J connectivity index is 0.000000732. The monoisotopic (exact) mass is 524 g/mol. The van der Waals surface area contributed by atoms with Gasteiger partial charge in [0.25, 0.3) is 0 Å². The second-order valence-electron chi connectivity index (χ2n) is 12.8. The molecule has 1 aromatic carbocycles. The van der Waals surface area contributed by atoms with Crippen molar-refractivity contribution in [2.24, 2.45) is 29.6 Å². The highest BCUT2D eigenvalue weighted by atomic mass is 16.3. The van der Waals surface area contributed by atoms with Gasteiger partial charge >= 0.3 is 0 Å². The highest BCUT2D eigenvalue weighted by Gasteiger charge is 2.33. The van der Waals surface area contributed by atoms with Crippen molar-refractivity contribution in [2.45, 2.75) is 122 Å². The molecular formula is C35H56O3. The van der Waals surface area contributed by atoms with Crippen LogP contribution in [-0.4, -0.2) is 29.7 Å². The van der Waals surface area contributed by atoms with Crippen LogP contribution in [0, 0.1) is 29.6 Å². The Morgan fingerprint density at radius 3 is 2.21 bits per heavy atom. The van der Waals surface area contributed by atoms with Gasteiger partial charge in [-0.2, -0.15) is 0 Å². The molecule has 0 radical (unpaired) electrons. The second kappa shape index (κ2) is 16.6. The first-order chi connectivity index (χ1) is 18.5. The fourth-order valence-corrected chi connectivity index (χ4v) is 7.69. The molecule has 38 heavy (non-hydrogen) atoms. The van der Waals surface area contributed by atoms with E-state index in [0.29, 0.717) is 17.4 Å². The molecule has 2 saturated carbocycles. The number of aryl methyl sites for hydroxylation is 1. The van der Waals surface area contributed by atoms with Crippen LogP contribution in [0.5, 0.6) is 0 Å². The van der Waals surface area contributed by atoms with Crippen molar-refractivity contribution in [2.75, 3.05) is 13.2 Å². The summed E-state index contributed by atoms with van der Waals surface area (Å²) in [7, 11) is 0. The van der Waals surface area contributed by atoms with Crippen molar-refractivity contribution in [1.29, 1.82) is 0 Å². The van der Waals surface area contributed by atoms with E-state index in [1.165, 1.54) is 96.3 Å². The topological polar surface area (TPSA) is 57.5 Å². The highest BCUT2D eigenvalue weighted by molar-refractivity contribution is 5.70. The summed E-state index contributed by atoms with van der Waals surface area (Å²) >= 11 is 0. The lowest BCUT2D eigenvalue weighted by Crippen LogP contribution is -2.29. The number of hydrogen-bond donors (Lipinski definition) is 2. The van der Waals surface area contributed by atoms with Gasteiger partial charge in [-0.1, -0.05) is 57.4 Å². The Bertz CT molecular complexity index is 830. The molecule has 4 rings (SSSR count). The average molecular weight is 525 g/mol. The van der Waals surface area contributed by atoms with Crippen LogP contribution in [0.3, 0.4) is 0 Å². The maximum Gasteiger partial charge on any atom is 0.145 e. The number of benzene rings is 1. The number of carbonyl (C=O) groups is 1. The van der Waals surface area contributed by atoms with Crippen molar-refractivity contribution in [3.8, 4) is 0 Å². The van der Waals surface area contributed by atoms with Gasteiger partial charge in [-0.3, -0.25) is 4.79 Å². The normalized spacial score (nSPS) is 27.9. The van der Waals surface area contributed by atoms with Gasteiger partial charge in [0.2, 0.25) is 0 Å². The van der Waals surface area contributed by atoms with Crippen LogP contribution < -0.4 is 0 Å². The van der Waals surface area contributed by atoms with Crippen LogP contribution >= 0.6 is 0 Å². The molecule has 2 unspecified atom stereocenters. The lowest BCUT2D eigenvalue weighted by Gasteiger charge is -2.39. The largest absolute Gasteiger partial charge is 0.396 e. The number of allylic oxidation sites excluding steroid dienone is 1. The average Bonchev–Trinajstić information content (AvgIpc) is 2.96. The molecule has 214 valence electrons. The van der Waals surface area contributed by atoms with Crippen molar-refractivity contribution in [3.05, 3.63) is 47.0 Å². The van der Waals surface area contributed by atoms with Gasteiger partial charge < -0.3 is 10.2 Å². The molecular weight excluding hydrogens is 468 g/mol. The van der Waals surface area contributed by atoms with Gasteiger partial charge in [-0.15, -0.1) is 0 Å². The molecule has 3 nitrogen and oxygen atoms in total. The van der Waals surface area contributed by atoms with Gasteiger partial charge in [-0.25, -0.2) is 0 Å². The van der Waals surface area contributed by atoms with E-state index >= 15 is 0 Å². The molecule has 0 aliphatic heterocycles. The smallest absolute Gasteiger partial charge is 0.145 e. The van der Waals surface area contributed by atoms with Crippen LogP contribution in [0.25, 0.3) is 0 Å². The van der Waals surface area contributed by atoms with Crippen molar-refractivity contribution in [1.82, 2.24) is 0 Å². The van der Waals surface area contributed by atoms with Crippen LogP contribution in [0.1, 0.15) is 126 Å². The zero-order valence-corrected chi connectivity index (χ0v) is 24.5. The minimum atomic E-state index is 0.220. The van der Waals surface area contributed by atoms with Crippen molar-refractivity contribution < 1.29 is 15.0 Å². The second-order valence-corrected chi connectivity index (χ2v) is 12.8. The third-order valence-electron chi connectivity index (χ3n) is 10.1. The lowest BCUT2D eigenvalue weighted by atomic mass is 9.66. The summed E-state index contributed by atoms with van der Waals surface area (Å²) < 4.78 is 0. The highest BCUT2D eigenvalue weighted by Crippen LogP contribution is 2.45. The first-order valence-electron chi connectivity index (χ1n) is 15.9. The number of hydrogen-bond acceptors (Lipinski definition) is 3. The Kier molecular flexibility index (Phi) is 13.6. The third-order valence-corrected chi connectivity index (χ3v) is 10.1. The van der Waals surface area contributed by atoms with E-state index in [-0.39, 0.29) is 13.2 Å². The maximum absolute atomic E-state index is 9.68. The Labute approximate surface area is 233 Å². The first-order valence-corrected chi connectivity index (χ1v) is 15.9. The van der Waals surface area contributed by atoms with Gasteiger partial charge in [-0.05, 0) is 142 Å².